The van der Waals surface area contributed by atoms with Crippen LogP contribution in [0.4, 0.5) is 10.1 Å². The molecule has 0 heterocycles. The second kappa shape index (κ2) is 13.1. The van der Waals surface area contributed by atoms with Gasteiger partial charge in [0.25, 0.3) is 10.0 Å². The van der Waals surface area contributed by atoms with Gasteiger partial charge in [0.15, 0.2) is 0 Å². The van der Waals surface area contributed by atoms with Crippen LogP contribution in [0, 0.1) is 12.7 Å². The normalized spacial score (nSPS) is 14.8. The number of halogens is 1. The third-order valence-electron chi connectivity index (χ3n) is 7.32. The highest BCUT2D eigenvalue weighted by molar-refractivity contribution is 7.92. The van der Waals surface area contributed by atoms with E-state index in [9.17, 15) is 18.0 Å². The number of para-hydroxylation sites is 1. The lowest BCUT2D eigenvalue weighted by Crippen LogP contribution is -2.53. The first-order chi connectivity index (χ1) is 19.2. The Labute approximate surface area is 236 Å². The second-order valence-corrected chi connectivity index (χ2v) is 12.2. The van der Waals surface area contributed by atoms with E-state index < -0.39 is 34.3 Å². The molecule has 0 bridgehead atoms. The van der Waals surface area contributed by atoms with Gasteiger partial charge >= 0.3 is 0 Å². The second-order valence-electron chi connectivity index (χ2n) is 10.3. The van der Waals surface area contributed by atoms with E-state index in [2.05, 4.69) is 5.32 Å². The van der Waals surface area contributed by atoms with Gasteiger partial charge in [-0.25, -0.2) is 12.8 Å². The molecule has 0 aromatic heterocycles. The summed E-state index contributed by atoms with van der Waals surface area (Å²) in [7, 11) is -4.32. The van der Waals surface area contributed by atoms with Gasteiger partial charge in [-0.2, -0.15) is 0 Å². The molecule has 1 atom stereocenters. The summed E-state index contributed by atoms with van der Waals surface area (Å²) in [6, 6.07) is 20.0. The van der Waals surface area contributed by atoms with Crippen molar-refractivity contribution in [1.29, 1.82) is 0 Å². The van der Waals surface area contributed by atoms with E-state index in [0.717, 1.165) is 53.6 Å². The molecule has 9 heteroatoms. The molecule has 1 aliphatic carbocycles. The number of aryl methyl sites for hydroxylation is 1. The van der Waals surface area contributed by atoms with E-state index in [1.54, 1.807) is 19.1 Å². The number of benzene rings is 3. The smallest absolute Gasteiger partial charge is 0.264 e. The van der Waals surface area contributed by atoms with Gasteiger partial charge in [0.05, 0.1) is 10.6 Å². The number of carbonyl (C=O) groups excluding carboxylic acids is 2. The Bertz CT molecular complexity index is 1410. The highest BCUT2D eigenvalue weighted by Crippen LogP contribution is 2.27. The Morgan fingerprint density at radius 1 is 0.925 bits per heavy atom. The molecule has 3 aromatic carbocycles. The fraction of sp³-hybridized carbons (Fsp3) is 0.355. The first-order valence-corrected chi connectivity index (χ1v) is 15.1. The van der Waals surface area contributed by atoms with Gasteiger partial charge in [-0.15, -0.1) is 0 Å². The zero-order chi connectivity index (χ0) is 28.7. The summed E-state index contributed by atoms with van der Waals surface area (Å²) < 4.78 is 43.4. The first kappa shape index (κ1) is 29.3. The third-order valence-corrected chi connectivity index (χ3v) is 9.10. The Morgan fingerprint density at radius 3 is 2.20 bits per heavy atom. The van der Waals surface area contributed by atoms with Crippen molar-refractivity contribution in [3.63, 3.8) is 0 Å². The van der Waals surface area contributed by atoms with Gasteiger partial charge in [0.2, 0.25) is 11.8 Å². The third kappa shape index (κ3) is 7.07. The predicted molar refractivity (Wildman–Crippen MR) is 154 cm³/mol. The average Bonchev–Trinajstić information content (AvgIpc) is 2.96. The van der Waals surface area contributed by atoms with E-state index in [0.29, 0.717) is 0 Å². The molecule has 40 heavy (non-hydrogen) atoms. The van der Waals surface area contributed by atoms with E-state index >= 15 is 4.39 Å². The van der Waals surface area contributed by atoms with Gasteiger partial charge in [-0.05, 0) is 56.5 Å². The van der Waals surface area contributed by atoms with Crippen molar-refractivity contribution in [3.05, 3.63) is 95.8 Å². The summed E-state index contributed by atoms with van der Waals surface area (Å²) in [4.78, 5) is 28.5. The molecular weight excluding hydrogens is 529 g/mol. The molecule has 2 amide bonds. The van der Waals surface area contributed by atoms with Crippen LogP contribution in [0.2, 0.25) is 0 Å². The molecule has 0 unspecified atom stereocenters. The number of hydrogen-bond acceptors (Lipinski definition) is 4. The number of amides is 2. The quantitative estimate of drug-likeness (QED) is 0.366. The van der Waals surface area contributed by atoms with Crippen LogP contribution in [0.1, 0.15) is 50.2 Å². The van der Waals surface area contributed by atoms with Crippen LogP contribution in [-0.4, -0.2) is 43.8 Å². The molecule has 212 valence electrons. The molecule has 0 saturated heterocycles. The lowest BCUT2D eigenvalue weighted by atomic mass is 9.95. The van der Waals surface area contributed by atoms with E-state index in [1.807, 2.05) is 37.3 Å². The van der Waals surface area contributed by atoms with Crippen molar-refractivity contribution >= 4 is 27.5 Å². The number of anilines is 1. The first-order valence-electron chi connectivity index (χ1n) is 13.6. The lowest BCUT2D eigenvalue weighted by Gasteiger charge is -2.33. The summed E-state index contributed by atoms with van der Waals surface area (Å²) in [5.41, 5.74) is 1.40. The molecule has 0 aliphatic heterocycles. The van der Waals surface area contributed by atoms with Crippen molar-refractivity contribution in [1.82, 2.24) is 10.2 Å². The van der Waals surface area contributed by atoms with Crippen molar-refractivity contribution < 1.29 is 22.4 Å². The van der Waals surface area contributed by atoms with Gasteiger partial charge < -0.3 is 10.2 Å². The van der Waals surface area contributed by atoms with Crippen molar-refractivity contribution in [2.45, 2.75) is 69.5 Å². The van der Waals surface area contributed by atoms with Crippen LogP contribution in [0.3, 0.4) is 0 Å². The largest absolute Gasteiger partial charge is 0.352 e. The number of rotatable bonds is 10. The summed E-state index contributed by atoms with van der Waals surface area (Å²) in [5, 5.41) is 3.07. The number of nitrogens with zero attached hydrogens (tertiary/aromatic N) is 2. The van der Waals surface area contributed by atoms with Crippen molar-refractivity contribution in [2.24, 2.45) is 0 Å². The highest BCUT2D eigenvalue weighted by Gasteiger charge is 2.34. The van der Waals surface area contributed by atoms with E-state index in [1.165, 1.54) is 35.2 Å². The van der Waals surface area contributed by atoms with Crippen molar-refractivity contribution in [3.8, 4) is 0 Å². The van der Waals surface area contributed by atoms with E-state index in [4.69, 9.17) is 0 Å². The average molecular weight is 566 g/mol. The molecule has 0 spiro atoms. The standard InChI is InChI=1S/C31H36FN3O4S/c1-23-17-19-27(20-18-23)40(38,39)35(29-16-10-9-15-28(29)32)22-30(36)34(21-25-11-5-3-6-12-25)24(2)31(37)33-26-13-7-4-8-14-26/h3,5-6,9-12,15-20,24,26H,4,7-8,13-14,21-22H2,1-2H3,(H,33,37)/t24-/m1/s1. The van der Waals surface area contributed by atoms with Crippen LogP contribution in [-0.2, 0) is 26.2 Å². The number of carbonyl (C=O) groups is 2. The zero-order valence-corrected chi connectivity index (χ0v) is 23.7. The SMILES string of the molecule is Cc1ccc(S(=O)(=O)N(CC(=O)N(Cc2ccccc2)[C@H](C)C(=O)NC2CCCCC2)c2ccccc2F)cc1. The Hall–Kier alpha value is -3.72. The molecule has 4 rings (SSSR count). The highest BCUT2D eigenvalue weighted by atomic mass is 32.2. The molecule has 0 radical (unpaired) electrons. The van der Waals surface area contributed by atoms with Gasteiger partial charge in [0, 0.05) is 12.6 Å². The number of hydrogen-bond donors (Lipinski definition) is 1. The minimum Gasteiger partial charge on any atom is -0.352 e. The summed E-state index contributed by atoms with van der Waals surface area (Å²) in [6.07, 6.45) is 5.00. The number of nitrogens with one attached hydrogen (secondary N) is 1. The Balaban J connectivity index is 1.67. The molecule has 1 N–H and O–H groups in total. The maximum atomic E-state index is 15.0. The minimum atomic E-state index is -4.32. The van der Waals surface area contributed by atoms with Gasteiger partial charge in [-0.3, -0.25) is 13.9 Å². The predicted octanol–water partition coefficient (Wildman–Crippen LogP) is 5.20. The summed E-state index contributed by atoms with van der Waals surface area (Å²) in [6.45, 7) is 2.89. The molecule has 1 aliphatic rings. The Morgan fingerprint density at radius 2 is 1.55 bits per heavy atom. The summed E-state index contributed by atoms with van der Waals surface area (Å²) in [5.74, 6) is -1.69. The topological polar surface area (TPSA) is 86.8 Å². The van der Waals surface area contributed by atoms with Crippen LogP contribution < -0.4 is 9.62 Å². The maximum Gasteiger partial charge on any atom is 0.264 e. The Kier molecular flexibility index (Phi) is 9.58. The van der Waals surface area contributed by atoms with Crippen LogP contribution >= 0.6 is 0 Å². The monoisotopic (exact) mass is 565 g/mol. The lowest BCUT2D eigenvalue weighted by molar-refractivity contribution is -0.139. The van der Waals surface area contributed by atoms with Gasteiger partial charge in [-0.1, -0.05) is 79.4 Å². The fourth-order valence-electron chi connectivity index (χ4n) is 4.94. The summed E-state index contributed by atoms with van der Waals surface area (Å²) >= 11 is 0. The molecular formula is C31H36FN3O4S. The van der Waals surface area contributed by atoms with Crippen molar-refractivity contribution in [2.75, 3.05) is 10.8 Å². The zero-order valence-electron chi connectivity index (χ0n) is 22.9. The minimum absolute atomic E-state index is 0.0502. The van der Waals surface area contributed by atoms with Crippen LogP contribution in [0.15, 0.2) is 83.8 Å². The van der Waals surface area contributed by atoms with Crippen LogP contribution in [0.5, 0.6) is 0 Å². The van der Waals surface area contributed by atoms with E-state index in [-0.39, 0.29) is 29.1 Å². The molecule has 7 nitrogen and oxygen atoms in total. The molecule has 1 saturated carbocycles. The molecule has 1 fully saturated rings. The van der Waals surface area contributed by atoms with Gasteiger partial charge in [0.1, 0.15) is 18.4 Å². The number of sulfonamides is 1. The van der Waals surface area contributed by atoms with Crippen LogP contribution in [0.25, 0.3) is 0 Å². The molecule has 3 aromatic rings. The fourth-order valence-corrected chi connectivity index (χ4v) is 6.36. The maximum absolute atomic E-state index is 15.0.